The van der Waals surface area contributed by atoms with Gasteiger partial charge in [-0.3, -0.25) is 4.79 Å². The van der Waals surface area contributed by atoms with Crippen LogP contribution in [0.15, 0.2) is 36.9 Å². The van der Waals surface area contributed by atoms with Crippen LogP contribution in [-0.2, 0) is 9.53 Å². The summed E-state index contributed by atoms with van der Waals surface area (Å²) in [6.45, 7) is 3.53. The minimum absolute atomic E-state index is 0.295. The highest BCUT2D eigenvalue weighted by Crippen LogP contribution is 2.15. The van der Waals surface area contributed by atoms with Crippen LogP contribution in [-0.4, -0.2) is 25.0 Å². The average Bonchev–Trinajstić information content (AvgIpc) is 2.37. The molecule has 0 unspecified atom stereocenters. The van der Waals surface area contributed by atoms with E-state index in [1.165, 1.54) is 13.2 Å². The largest absolute Gasteiger partial charge is 0.467 e. The van der Waals surface area contributed by atoms with Crippen molar-refractivity contribution in [3.05, 3.63) is 47.5 Å². The van der Waals surface area contributed by atoms with Gasteiger partial charge < -0.3 is 10.1 Å². The Balaban J connectivity index is 2.82. The molecule has 0 saturated carbocycles. The third kappa shape index (κ3) is 3.60. The van der Waals surface area contributed by atoms with Gasteiger partial charge in [-0.1, -0.05) is 29.8 Å². The van der Waals surface area contributed by atoms with Gasteiger partial charge in [0.2, 0.25) is 0 Å². The zero-order valence-electron chi connectivity index (χ0n) is 9.98. The molecule has 1 amide bonds. The topological polar surface area (TPSA) is 55.4 Å². The van der Waals surface area contributed by atoms with Crippen molar-refractivity contribution in [2.45, 2.75) is 12.5 Å². The molecule has 1 rings (SSSR count). The summed E-state index contributed by atoms with van der Waals surface area (Å²) in [6, 6.07) is 5.86. The molecule has 1 aromatic carbocycles. The maximum atomic E-state index is 11.9. The van der Waals surface area contributed by atoms with E-state index in [1.54, 1.807) is 24.3 Å². The van der Waals surface area contributed by atoms with Crippen LogP contribution in [0.4, 0.5) is 0 Å². The van der Waals surface area contributed by atoms with Gasteiger partial charge >= 0.3 is 5.97 Å². The van der Waals surface area contributed by atoms with E-state index in [4.69, 9.17) is 11.6 Å². The van der Waals surface area contributed by atoms with Gasteiger partial charge in [0, 0.05) is 0 Å². The van der Waals surface area contributed by atoms with Crippen LogP contribution >= 0.6 is 11.6 Å². The number of benzene rings is 1. The average molecular weight is 268 g/mol. The molecular weight excluding hydrogens is 254 g/mol. The van der Waals surface area contributed by atoms with Crippen LogP contribution in [0.5, 0.6) is 0 Å². The van der Waals surface area contributed by atoms with E-state index in [1.807, 2.05) is 0 Å². The molecule has 0 fully saturated rings. The monoisotopic (exact) mass is 267 g/mol. The van der Waals surface area contributed by atoms with Gasteiger partial charge in [0.15, 0.2) is 0 Å². The number of hydrogen-bond acceptors (Lipinski definition) is 3. The number of halogens is 1. The molecule has 4 nitrogen and oxygen atoms in total. The summed E-state index contributed by atoms with van der Waals surface area (Å²) in [6.07, 6.45) is 1.83. The van der Waals surface area contributed by atoms with Crippen molar-refractivity contribution in [3.63, 3.8) is 0 Å². The highest BCUT2D eigenvalue weighted by atomic mass is 35.5. The van der Waals surface area contributed by atoms with Crippen LogP contribution in [0.2, 0.25) is 5.02 Å². The van der Waals surface area contributed by atoms with E-state index < -0.39 is 17.9 Å². The fraction of sp³-hybridized carbons (Fsp3) is 0.231. The molecule has 0 aliphatic heterocycles. The molecule has 0 radical (unpaired) electrons. The summed E-state index contributed by atoms with van der Waals surface area (Å²) in [7, 11) is 1.26. The van der Waals surface area contributed by atoms with E-state index in [9.17, 15) is 9.59 Å². The van der Waals surface area contributed by atoms with E-state index in [0.29, 0.717) is 17.0 Å². The zero-order chi connectivity index (χ0) is 13.5. The molecule has 1 N–H and O–H groups in total. The Kier molecular flexibility index (Phi) is 5.39. The lowest BCUT2D eigenvalue weighted by molar-refractivity contribution is -0.142. The van der Waals surface area contributed by atoms with Crippen LogP contribution in [0.25, 0.3) is 0 Å². The molecule has 0 aliphatic rings. The lowest BCUT2D eigenvalue weighted by atomic mass is 10.1. The number of methoxy groups -OCH3 is 1. The first-order valence-corrected chi connectivity index (χ1v) is 5.72. The smallest absolute Gasteiger partial charge is 0.328 e. The Bertz CT molecular complexity index is 459. The lowest BCUT2D eigenvalue weighted by Gasteiger charge is -2.15. The van der Waals surface area contributed by atoms with Crippen molar-refractivity contribution >= 4 is 23.5 Å². The van der Waals surface area contributed by atoms with Crippen molar-refractivity contribution in [2.24, 2.45) is 0 Å². The highest BCUT2D eigenvalue weighted by Gasteiger charge is 2.21. The Morgan fingerprint density at radius 2 is 2.17 bits per heavy atom. The molecule has 1 atom stereocenters. The van der Waals surface area contributed by atoms with Crippen LogP contribution in [0, 0.1) is 0 Å². The van der Waals surface area contributed by atoms with Gasteiger partial charge in [-0.25, -0.2) is 4.79 Å². The SMILES string of the molecule is C=CC[C@H](NC(=O)c1ccccc1Cl)C(=O)OC. The zero-order valence-corrected chi connectivity index (χ0v) is 10.7. The highest BCUT2D eigenvalue weighted by molar-refractivity contribution is 6.33. The Labute approximate surface area is 111 Å². The molecule has 96 valence electrons. The predicted molar refractivity (Wildman–Crippen MR) is 69.5 cm³/mol. The Hall–Kier alpha value is -1.81. The van der Waals surface area contributed by atoms with Crippen LogP contribution < -0.4 is 5.32 Å². The van der Waals surface area contributed by atoms with Crippen molar-refractivity contribution < 1.29 is 14.3 Å². The third-order valence-electron chi connectivity index (χ3n) is 2.31. The molecule has 0 saturated heterocycles. The summed E-state index contributed by atoms with van der Waals surface area (Å²) in [5.74, 6) is -0.937. The first kappa shape index (κ1) is 14.3. The van der Waals surface area contributed by atoms with Gasteiger partial charge in [-0.2, -0.15) is 0 Å². The van der Waals surface area contributed by atoms with Gasteiger partial charge in [0.05, 0.1) is 17.7 Å². The summed E-state index contributed by atoms with van der Waals surface area (Å²) >= 11 is 5.90. The fourth-order valence-electron chi connectivity index (χ4n) is 1.40. The number of rotatable bonds is 5. The molecular formula is C13H14ClNO3. The number of carbonyl (C=O) groups is 2. The number of esters is 1. The number of carbonyl (C=O) groups excluding carboxylic acids is 2. The van der Waals surface area contributed by atoms with Crippen molar-refractivity contribution in [2.75, 3.05) is 7.11 Å². The maximum absolute atomic E-state index is 11.9. The molecule has 1 aromatic rings. The molecule has 5 heteroatoms. The fourth-order valence-corrected chi connectivity index (χ4v) is 1.63. The first-order chi connectivity index (χ1) is 8.60. The number of amides is 1. The molecule has 0 aliphatic carbocycles. The molecule has 0 heterocycles. The summed E-state index contributed by atoms with van der Waals surface area (Å²) in [4.78, 5) is 23.4. The second-order valence-electron chi connectivity index (χ2n) is 3.55. The van der Waals surface area contributed by atoms with Gasteiger partial charge in [0.25, 0.3) is 5.91 Å². The van der Waals surface area contributed by atoms with Crippen molar-refractivity contribution in [3.8, 4) is 0 Å². The van der Waals surface area contributed by atoms with Crippen molar-refractivity contribution in [1.82, 2.24) is 5.32 Å². The molecule has 18 heavy (non-hydrogen) atoms. The molecule has 0 spiro atoms. The molecule has 0 bridgehead atoms. The van der Waals surface area contributed by atoms with Gasteiger partial charge in [-0.15, -0.1) is 6.58 Å². The summed E-state index contributed by atoms with van der Waals surface area (Å²) in [5.41, 5.74) is 0.317. The Morgan fingerprint density at radius 3 is 2.72 bits per heavy atom. The predicted octanol–water partition coefficient (Wildman–Crippen LogP) is 2.19. The number of ether oxygens (including phenoxy) is 1. The van der Waals surface area contributed by atoms with E-state index in [-0.39, 0.29) is 0 Å². The standard InChI is InChI=1S/C13H14ClNO3/c1-3-6-11(13(17)18-2)15-12(16)9-7-4-5-8-10(9)14/h3-5,7-8,11H,1,6H2,2H3,(H,15,16)/t11-/m0/s1. The number of nitrogens with one attached hydrogen (secondary N) is 1. The summed E-state index contributed by atoms with van der Waals surface area (Å²) in [5, 5.41) is 2.89. The quantitative estimate of drug-likeness (QED) is 0.657. The molecule has 0 aromatic heterocycles. The van der Waals surface area contributed by atoms with E-state index in [0.717, 1.165) is 0 Å². The normalized spacial score (nSPS) is 11.4. The van der Waals surface area contributed by atoms with Crippen LogP contribution in [0.1, 0.15) is 16.8 Å². The second kappa shape index (κ2) is 6.81. The van der Waals surface area contributed by atoms with E-state index >= 15 is 0 Å². The van der Waals surface area contributed by atoms with Gasteiger partial charge in [-0.05, 0) is 18.6 Å². The minimum Gasteiger partial charge on any atom is -0.467 e. The number of hydrogen-bond donors (Lipinski definition) is 1. The van der Waals surface area contributed by atoms with Crippen LogP contribution in [0.3, 0.4) is 0 Å². The lowest BCUT2D eigenvalue weighted by Crippen LogP contribution is -2.41. The van der Waals surface area contributed by atoms with E-state index in [2.05, 4.69) is 16.6 Å². The Morgan fingerprint density at radius 1 is 1.50 bits per heavy atom. The van der Waals surface area contributed by atoms with Crippen molar-refractivity contribution in [1.29, 1.82) is 0 Å². The minimum atomic E-state index is -0.753. The first-order valence-electron chi connectivity index (χ1n) is 5.34. The maximum Gasteiger partial charge on any atom is 0.328 e. The third-order valence-corrected chi connectivity index (χ3v) is 2.64. The summed E-state index contributed by atoms with van der Waals surface area (Å²) < 4.78 is 4.60. The second-order valence-corrected chi connectivity index (χ2v) is 3.96. The van der Waals surface area contributed by atoms with Gasteiger partial charge in [0.1, 0.15) is 6.04 Å².